The van der Waals surface area contributed by atoms with E-state index < -0.39 is 0 Å². The van der Waals surface area contributed by atoms with Gasteiger partial charge in [-0.1, -0.05) is 19.9 Å². The van der Waals surface area contributed by atoms with Crippen LogP contribution < -0.4 is 5.32 Å². The molecule has 0 fully saturated rings. The molecule has 0 amide bonds. The minimum atomic E-state index is 0.427. The van der Waals surface area contributed by atoms with E-state index in [0.717, 1.165) is 25.4 Å². The van der Waals surface area contributed by atoms with E-state index in [1.807, 2.05) is 11.3 Å². The predicted octanol–water partition coefficient (Wildman–Crippen LogP) is 4.28. The highest BCUT2D eigenvalue weighted by Gasteiger charge is 2.15. The van der Waals surface area contributed by atoms with Crippen LogP contribution in [0.25, 0.3) is 0 Å². The van der Waals surface area contributed by atoms with Gasteiger partial charge in [0.25, 0.3) is 0 Å². The molecule has 0 bridgehead atoms. The number of thiophene rings is 1. The molecule has 1 unspecified atom stereocenters. The van der Waals surface area contributed by atoms with Gasteiger partial charge in [0.2, 0.25) is 0 Å². The number of hydrogen-bond donors (Lipinski definition) is 1. The summed E-state index contributed by atoms with van der Waals surface area (Å²) < 4.78 is 5.63. The van der Waals surface area contributed by atoms with Gasteiger partial charge in [-0.15, -0.1) is 11.3 Å². The first-order valence-electron chi connectivity index (χ1n) is 7.57. The summed E-state index contributed by atoms with van der Waals surface area (Å²) in [5.41, 5.74) is 1.28. The highest BCUT2D eigenvalue weighted by molar-refractivity contribution is 7.10. The van der Waals surface area contributed by atoms with Crippen LogP contribution in [0.3, 0.4) is 0 Å². The third-order valence-electron chi connectivity index (χ3n) is 3.71. The van der Waals surface area contributed by atoms with Gasteiger partial charge >= 0.3 is 0 Å². The van der Waals surface area contributed by atoms with E-state index >= 15 is 0 Å². The molecule has 21 heavy (non-hydrogen) atoms. The summed E-state index contributed by atoms with van der Waals surface area (Å²) in [7, 11) is 2.17. The summed E-state index contributed by atoms with van der Waals surface area (Å²) in [5.74, 6) is 1.71. The SMILES string of the molecule is CC(C)CNCc1occc1CN(C)C(C)c1cccs1. The topological polar surface area (TPSA) is 28.4 Å². The molecule has 0 saturated heterocycles. The second kappa shape index (κ2) is 7.78. The van der Waals surface area contributed by atoms with Crippen molar-refractivity contribution in [2.24, 2.45) is 5.92 Å². The predicted molar refractivity (Wildman–Crippen MR) is 89.5 cm³/mol. The van der Waals surface area contributed by atoms with E-state index in [4.69, 9.17) is 4.42 Å². The number of hydrogen-bond acceptors (Lipinski definition) is 4. The Labute approximate surface area is 132 Å². The number of rotatable bonds is 8. The molecular formula is C17H26N2OS. The molecule has 0 aliphatic heterocycles. The summed E-state index contributed by atoms with van der Waals surface area (Å²) in [6, 6.07) is 6.83. The van der Waals surface area contributed by atoms with Gasteiger partial charge in [0.05, 0.1) is 12.8 Å². The van der Waals surface area contributed by atoms with E-state index in [9.17, 15) is 0 Å². The first-order valence-corrected chi connectivity index (χ1v) is 8.45. The van der Waals surface area contributed by atoms with Crippen LogP contribution in [-0.4, -0.2) is 18.5 Å². The van der Waals surface area contributed by atoms with Crippen molar-refractivity contribution in [3.63, 3.8) is 0 Å². The summed E-state index contributed by atoms with van der Waals surface area (Å²) in [6.45, 7) is 9.42. The fourth-order valence-electron chi connectivity index (χ4n) is 2.29. The molecule has 0 aliphatic carbocycles. The average Bonchev–Trinajstić information content (AvgIpc) is 3.09. The van der Waals surface area contributed by atoms with Gasteiger partial charge in [-0.2, -0.15) is 0 Å². The van der Waals surface area contributed by atoms with Crippen LogP contribution in [0.15, 0.2) is 34.3 Å². The fraction of sp³-hybridized carbons (Fsp3) is 0.529. The minimum absolute atomic E-state index is 0.427. The van der Waals surface area contributed by atoms with Crippen molar-refractivity contribution in [2.75, 3.05) is 13.6 Å². The van der Waals surface area contributed by atoms with Crippen molar-refractivity contribution in [3.05, 3.63) is 46.0 Å². The Morgan fingerprint density at radius 3 is 2.76 bits per heavy atom. The number of nitrogens with zero attached hydrogens (tertiary/aromatic N) is 1. The van der Waals surface area contributed by atoms with Crippen molar-refractivity contribution in [1.82, 2.24) is 10.2 Å². The van der Waals surface area contributed by atoms with Gasteiger partial charge in [-0.05, 0) is 43.9 Å². The molecule has 3 nitrogen and oxygen atoms in total. The molecule has 0 spiro atoms. The minimum Gasteiger partial charge on any atom is -0.468 e. The summed E-state index contributed by atoms with van der Waals surface area (Å²) >= 11 is 1.82. The van der Waals surface area contributed by atoms with E-state index in [-0.39, 0.29) is 0 Å². The number of nitrogens with one attached hydrogen (secondary N) is 1. The maximum Gasteiger partial charge on any atom is 0.122 e. The van der Waals surface area contributed by atoms with Crippen LogP contribution >= 0.6 is 11.3 Å². The monoisotopic (exact) mass is 306 g/mol. The maximum atomic E-state index is 5.63. The largest absolute Gasteiger partial charge is 0.468 e. The lowest BCUT2D eigenvalue weighted by Gasteiger charge is -2.23. The van der Waals surface area contributed by atoms with Gasteiger partial charge in [0.1, 0.15) is 5.76 Å². The lowest BCUT2D eigenvalue weighted by molar-refractivity contribution is 0.254. The van der Waals surface area contributed by atoms with Gasteiger partial charge in [0, 0.05) is 23.0 Å². The van der Waals surface area contributed by atoms with Crippen molar-refractivity contribution >= 4 is 11.3 Å². The Bertz CT molecular complexity index is 519. The van der Waals surface area contributed by atoms with Crippen LogP contribution in [0.5, 0.6) is 0 Å². The van der Waals surface area contributed by atoms with Crippen LogP contribution in [0.1, 0.15) is 43.0 Å². The molecule has 0 aromatic carbocycles. The van der Waals surface area contributed by atoms with E-state index in [1.54, 1.807) is 6.26 Å². The highest BCUT2D eigenvalue weighted by atomic mass is 32.1. The van der Waals surface area contributed by atoms with Crippen LogP contribution in [-0.2, 0) is 13.1 Å². The second-order valence-electron chi connectivity index (χ2n) is 6.00. The van der Waals surface area contributed by atoms with Gasteiger partial charge in [-0.25, -0.2) is 0 Å². The molecular weight excluding hydrogens is 280 g/mol. The second-order valence-corrected chi connectivity index (χ2v) is 6.98. The zero-order valence-corrected chi connectivity index (χ0v) is 14.2. The Hall–Kier alpha value is -1.10. The van der Waals surface area contributed by atoms with Crippen molar-refractivity contribution in [2.45, 2.75) is 39.9 Å². The summed E-state index contributed by atoms with van der Waals surface area (Å²) in [6.07, 6.45) is 1.80. The van der Waals surface area contributed by atoms with Crippen molar-refractivity contribution < 1.29 is 4.42 Å². The molecule has 4 heteroatoms. The van der Waals surface area contributed by atoms with Crippen LogP contribution in [0.4, 0.5) is 0 Å². The first-order chi connectivity index (χ1) is 10.1. The smallest absolute Gasteiger partial charge is 0.122 e. The lowest BCUT2D eigenvalue weighted by atomic mass is 10.2. The molecule has 2 rings (SSSR count). The fourth-order valence-corrected chi connectivity index (χ4v) is 3.14. The van der Waals surface area contributed by atoms with E-state index in [0.29, 0.717) is 12.0 Å². The third kappa shape index (κ3) is 4.70. The molecule has 2 aromatic rings. The molecule has 0 aliphatic rings. The van der Waals surface area contributed by atoms with Crippen molar-refractivity contribution in [1.29, 1.82) is 0 Å². The van der Waals surface area contributed by atoms with E-state index in [2.05, 4.69) is 61.6 Å². The van der Waals surface area contributed by atoms with Crippen LogP contribution in [0, 0.1) is 5.92 Å². The van der Waals surface area contributed by atoms with Gasteiger partial charge in [0.15, 0.2) is 0 Å². The zero-order valence-electron chi connectivity index (χ0n) is 13.4. The molecule has 0 saturated carbocycles. The average molecular weight is 306 g/mol. The standard InChI is InChI=1S/C17H26N2OS/c1-13(2)10-18-11-16-15(7-8-20-16)12-19(4)14(3)17-6-5-9-21-17/h5-9,13-14,18H,10-12H2,1-4H3. The quantitative estimate of drug-likeness (QED) is 0.789. The van der Waals surface area contributed by atoms with E-state index in [1.165, 1.54) is 10.4 Å². The Morgan fingerprint density at radius 2 is 2.10 bits per heavy atom. The third-order valence-corrected chi connectivity index (χ3v) is 4.75. The van der Waals surface area contributed by atoms with Gasteiger partial charge < -0.3 is 9.73 Å². The maximum absolute atomic E-state index is 5.63. The number of furan rings is 1. The van der Waals surface area contributed by atoms with Gasteiger partial charge in [-0.3, -0.25) is 4.90 Å². The zero-order chi connectivity index (χ0) is 15.2. The molecule has 1 atom stereocenters. The summed E-state index contributed by atoms with van der Waals surface area (Å²) in [5, 5.41) is 5.59. The first kappa shape index (κ1) is 16.3. The highest BCUT2D eigenvalue weighted by Crippen LogP contribution is 2.25. The molecule has 2 heterocycles. The Kier molecular flexibility index (Phi) is 6.03. The van der Waals surface area contributed by atoms with Crippen LogP contribution in [0.2, 0.25) is 0 Å². The molecule has 1 N–H and O–H groups in total. The molecule has 2 aromatic heterocycles. The van der Waals surface area contributed by atoms with Crippen molar-refractivity contribution in [3.8, 4) is 0 Å². The molecule has 0 radical (unpaired) electrons. The summed E-state index contributed by atoms with van der Waals surface area (Å²) in [4.78, 5) is 3.77. The lowest BCUT2D eigenvalue weighted by Crippen LogP contribution is -2.23. The molecule has 116 valence electrons. The normalized spacial score (nSPS) is 13.2. The Balaban J connectivity index is 1.92. The Morgan fingerprint density at radius 1 is 1.29 bits per heavy atom.